The van der Waals surface area contributed by atoms with Crippen molar-refractivity contribution < 1.29 is 9.16 Å². The van der Waals surface area contributed by atoms with Gasteiger partial charge in [-0.15, -0.1) is 0 Å². The third-order valence-electron chi connectivity index (χ3n) is 9.63. The topological polar surface area (TPSA) is 80.0 Å². The van der Waals surface area contributed by atoms with Crippen molar-refractivity contribution in [3.05, 3.63) is 41.1 Å². The van der Waals surface area contributed by atoms with Crippen LogP contribution in [-0.4, -0.2) is 79.7 Å². The average molecular weight is 638 g/mol. The highest BCUT2D eigenvalue weighted by molar-refractivity contribution is 6.74. The average Bonchev–Trinajstić information content (AvgIpc) is 3.41. The summed E-state index contributed by atoms with van der Waals surface area (Å²) >= 11 is 0. The third-order valence-corrected chi connectivity index (χ3v) is 14.2. The van der Waals surface area contributed by atoms with E-state index < -0.39 is 8.32 Å². The first-order valence-electron chi connectivity index (χ1n) is 17.0. The molecule has 0 radical (unpaired) electrons. The molecule has 1 saturated heterocycles. The molecule has 0 amide bonds. The molecular formula is C35H59N7O2Si. The molecule has 1 N–H and O–H groups in total. The fraction of sp³-hybridized carbons (Fsp3) is 0.686. The van der Waals surface area contributed by atoms with Gasteiger partial charge in [-0.2, -0.15) is 19.6 Å². The van der Waals surface area contributed by atoms with E-state index in [0.29, 0.717) is 24.4 Å². The quantitative estimate of drug-likeness (QED) is 0.135. The number of benzene rings is 1. The summed E-state index contributed by atoms with van der Waals surface area (Å²) in [5.74, 6) is 0.950. The Bertz CT molecular complexity index is 1370. The Morgan fingerprint density at radius 2 is 1.76 bits per heavy atom. The number of aryl methyl sites for hydroxylation is 1. The maximum Gasteiger partial charge on any atom is 0.322 e. The van der Waals surface area contributed by atoms with Gasteiger partial charge >= 0.3 is 6.01 Å². The SMILES string of the molecule is CC(C)c1cnn2c(NCc3ccc(CCCCCCO[Si](C)(C)C(C)(C)C)cc3N(C)C)nc(OC3CCN(C)CC3)nc12. The van der Waals surface area contributed by atoms with Gasteiger partial charge in [-0.25, -0.2) is 0 Å². The lowest BCUT2D eigenvalue weighted by Gasteiger charge is -2.36. The highest BCUT2D eigenvalue weighted by Gasteiger charge is 2.36. The van der Waals surface area contributed by atoms with Gasteiger partial charge < -0.3 is 24.3 Å². The van der Waals surface area contributed by atoms with E-state index in [1.165, 1.54) is 36.1 Å². The van der Waals surface area contributed by atoms with Gasteiger partial charge in [0.05, 0.1) is 6.20 Å². The van der Waals surface area contributed by atoms with Crippen LogP contribution < -0.4 is 15.0 Å². The lowest BCUT2D eigenvalue weighted by atomic mass is 10.0. The first-order chi connectivity index (χ1) is 21.2. The van der Waals surface area contributed by atoms with E-state index in [1.807, 2.05) is 10.7 Å². The van der Waals surface area contributed by atoms with Crippen molar-refractivity contribution in [3.63, 3.8) is 0 Å². The fourth-order valence-electron chi connectivity index (χ4n) is 5.53. The van der Waals surface area contributed by atoms with Gasteiger partial charge in [0, 0.05) is 51.6 Å². The zero-order chi connectivity index (χ0) is 32.8. The molecule has 10 heteroatoms. The summed E-state index contributed by atoms with van der Waals surface area (Å²) in [6.45, 7) is 19.5. The van der Waals surface area contributed by atoms with Crippen molar-refractivity contribution in [1.82, 2.24) is 24.5 Å². The Morgan fingerprint density at radius 3 is 2.42 bits per heavy atom. The molecule has 0 spiro atoms. The van der Waals surface area contributed by atoms with Crippen LogP contribution >= 0.6 is 0 Å². The molecule has 0 atom stereocenters. The summed E-state index contributed by atoms with van der Waals surface area (Å²) in [4.78, 5) is 14.2. The van der Waals surface area contributed by atoms with Crippen LogP contribution in [0, 0.1) is 0 Å². The van der Waals surface area contributed by atoms with E-state index >= 15 is 0 Å². The molecule has 1 aliphatic rings. The summed E-state index contributed by atoms with van der Waals surface area (Å²) < 4.78 is 14.5. The van der Waals surface area contributed by atoms with Gasteiger partial charge in [-0.05, 0) is 80.4 Å². The van der Waals surface area contributed by atoms with Crippen molar-refractivity contribution >= 4 is 25.6 Å². The second-order valence-corrected chi connectivity index (χ2v) is 19.7. The minimum Gasteiger partial charge on any atom is -0.460 e. The highest BCUT2D eigenvalue weighted by atomic mass is 28.4. The molecule has 2 aromatic heterocycles. The second-order valence-electron chi connectivity index (χ2n) is 14.9. The standard InChI is InChI=1S/C35H59N7O2Si/c1-26(2)30-25-37-42-32(30)38-34(44-29-18-20-41(8)21-19-29)39-33(42)36-24-28-17-16-27(23-31(28)40(6)7)15-13-11-12-14-22-43-45(9,10)35(3,4)5/h16-17,23,25-26,29H,11-15,18-22,24H2,1-10H3,(H,36,38,39). The number of rotatable bonds is 15. The molecule has 1 aromatic carbocycles. The predicted molar refractivity (Wildman–Crippen MR) is 189 cm³/mol. The van der Waals surface area contributed by atoms with E-state index in [2.05, 4.69) is 107 Å². The van der Waals surface area contributed by atoms with Crippen LogP contribution in [0.2, 0.25) is 18.1 Å². The zero-order valence-electron chi connectivity index (χ0n) is 29.7. The molecule has 3 heterocycles. The lowest BCUT2D eigenvalue weighted by molar-refractivity contribution is 0.105. The Kier molecular flexibility index (Phi) is 11.9. The van der Waals surface area contributed by atoms with Gasteiger partial charge in [-0.3, -0.25) is 0 Å². The second kappa shape index (κ2) is 15.3. The van der Waals surface area contributed by atoms with Crippen molar-refractivity contribution in [2.75, 3.05) is 51.1 Å². The number of aromatic nitrogens is 4. The van der Waals surface area contributed by atoms with Crippen molar-refractivity contribution in [3.8, 4) is 6.01 Å². The van der Waals surface area contributed by atoms with Crippen LogP contribution in [0.1, 0.15) is 95.8 Å². The van der Waals surface area contributed by atoms with E-state index in [-0.39, 0.29) is 11.1 Å². The fourth-order valence-corrected chi connectivity index (χ4v) is 6.62. The number of nitrogens with zero attached hydrogens (tertiary/aromatic N) is 6. The summed E-state index contributed by atoms with van der Waals surface area (Å²) in [7, 11) is 4.75. The Hall–Kier alpha value is -2.69. The predicted octanol–water partition coefficient (Wildman–Crippen LogP) is 7.52. The van der Waals surface area contributed by atoms with E-state index in [4.69, 9.17) is 19.1 Å². The highest BCUT2D eigenvalue weighted by Crippen LogP contribution is 2.36. The molecule has 1 fully saturated rings. The number of unbranched alkanes of at least 4 members (excludes halogenated alkanes) is 3. The van der Waals surface area contributed by atoms with Crippen LogP contribution in [0.3, 0.4) is 0 Å². The van der Waals surface area contributed by atoms with Crippen LogP contribution in [0.5, 0.6) is 6.01 Å². The molecule has 9 nitrogen and oxygen atoms in total. The minimum atomic E-state index is -1.64. The Morgan fingerprint density at radius 1 is 1.04 bits per heavy atom. The van der Waals surface area contributed by atoms with Crippen LogP contribution in [0.15, 0.2) is 24.4 Å². The normalized spacial score (nSPS) is 15.3. The first kappa shape index (κ1) is 35.2. The molecule has 3 aromatic rings. The number of likely N-dealkylation sites (tertiary alicyclic amines) is 1. The zero-order valence-corrected chi connectivity index (χ0v) is 30.7. The summed E-state index contributed by atoms with van der Waals surface area (Å²) in [6.07, 6.45) is 9.88. The van der Waals surface area contributed by atoms with Crippen molar-refractivity contribution in [1.29, 1.82) is 0 Å². The number of ether oxygens (including phenoxy) is 1. The van der Waals surface area contributed by atoms with Gasteiger partial charge in [0.15, 0.2) is 14.0 Å². The molecule has 0 unspecified atom stereocenters. The summed E-state index contributed by atoms with van der Waals surface area (Å²) in [6, 6.07) is 7.30. The minimum absolute atomic E-state index is 0.130. The van der Waals surface area contributed by atoms with Crippen LogP contribution in [0.4, 0.5) is 11.6 Å². The summed E-state index contributed by atoms with van der Waals surface area (Å²) in [5, 5.41) is 8.51. The van der Waals surface area contributed by atoms with E-state index in [9.17, 15) is 0 Å². The number of piperidine rings is 1. The third kappa shape index (κ3) is 9.42. The van der Waals surface area contributed by atoms with Gasteiger partial charge in [0.2, 0.25) is 5.95 Å². The van der Waals surface area contributed by atoms with E-state index in [0.717, 1.165) is 56.6 Å². The van der Waals surface area contributed by atoms with Gasteiger partial charge in [-0.1, -0.05) is 59.6 Å². The maximum absolute atomic E-state index is 6.35. The number of fused-ring (bicyclic) bond motifs is 1. The first-order valence-corrected chi connectivity index (χ1v) is 19.9. The molecule has 45 heavy (non-hydrogen) atoms. The van der Waals surface area contributed by atoms with Crippen molar-refractivity contribution in [2.45, 2.75) is 116 Å². The Labute approximate surface area is 273 Å². The number of hydrogen-bond donors (Lipinski definition) is 1. The number of anilines is 2. The molecule has 4 rings (SSSR count). The molecule has 1 aliphatic heterocycles. The monoisotopic (exact) mass is 637 g/mol. The molecule has 0 aliphatic carbocycles. The van der Waals surface area contributed by atoms with Crippen LogP contribution in [-0.2, 0) is 17.4 Å². The smallest absolute Gasteiger partial charge is 0.322 e. The summed E-state index contributed by atoms with van der Waals surface area (Å²) in [5.41, 5.74) is 5.72. The van der Waals surface area contributed by atoms with E-state index in [1.54, 1.807) is 0 Å². The van der Waals surface area contributed by atoms with Gasteiger partial charge in [0.25, 0.3) is 0 Å². The molecule has 0 bridgehead atoms. The maximum atomic E-state index is 6.35. The Balaban J connectivity index is 1.38. The molecular weight excluding hydrogens is 579 g/mol. The lowest BCUT2D eigenvalue weighted by Crippen LogP contribution is -2.40. The largest absolute Gasteiger partial charge is 0.460 e. The van der Waals surface area contributed by atoms with Crippen LogP contribution in [0.25, 0.3) is 5.65 Å². The van der Waals surface area contributed by atoms with Crippen molar-refractivity contribution in [2.24, 2.45) is 0 Å². The number of hydrogen-bond acceptors (Lipinski definition) is 8. The molecule has 0 saturated carbocycles. The molecule has 250 valence electrons. The van der Waals surface area contributed by atoms with Gasteiger partial charge in [0.1, 0.15) is 6.10 Å². The number of nitrogens with one attached hydrogen (secondary N) is 1.